The lowest BCUT2D eigenvalue weighted by molar-refractivity contribution is -0.135. The van der Waals surface area contributed by atoms with Gasteiger partial charge in [0.05, 0.1) is 11.5 Å². The van der Waals surface area contributed by atoms with Crippen LogP contribution in [-0.2, 0) is 4.79 Å². The molecule has 0 spiro atoms. The first-order valence-corrected chi connectivity index (χ1v) is 6.60. The van der Waals surface area contributed by atoms with Crippen LogP contribution < -0.4 is 11.1 Å². The van der Waals surface area contributed by atoms with Gasteiger partial charge >= 0.3 is 0 Å². The summed E-state index contributed by atoms with van der Waals surface area (Å²) in [5, 5.41) is 5.10. The molecule has 1 aliphatic carbocycles. The molecule has 0 bridgehead atoms. The molecule has 3 nitrogen and oxygen atoms in total. The van der Waals surface area contributed by atoms with Gasteiger partial charge in [0.15, 0.2) is 0 Å². The van der Waals surface area contributed by atoms with Gasteiger partial charge in [0.1, 0.15) is 0 Å². The van der Waals surface area contributed by atoms with Crippen molar-refractivity contribution >= 4 is 17.2 Å². The summed E-state index contributed by atoms with van der Waals surface area (Å²) in [7, 11) is 0. The molecule has 1 heterocycles. The molecule has 4 heteroatoms. The second-order valence-corrected chi connectivity index (χ2v) is 5.53. The van der Waals surface area contributed by atoms with Crippen LogP contribution in [0.15, 0.2) is 17.5 Å². The quantitative estimate of drug-likeness (QED) is 0.843. The van der Waals surface area contributed by atoms with E-state index < -0.39 is 0 Å². The Bertz CT molecular complexity index is 352. The highest BCUT2D eigenvalue weighted by Crippen LogP contribution is 2.40. The van der Waals surface area contributed by atoms with Gasteiger partial charge in [-0.15, -0.1) is 11.3 Å². The fourth-order valence-electron chi connectivity index (χ4n) is 2.09. The van der Waals surface area contributed by atoms with E-state index >= 15 is 0 Å². The zero-order valence-electron chi connectivity index (χ0n) is 9.53. The molecule has 3 N–H and O–H groups in total. The highest BCUT2D eigenvalue weighted by molar-refractivity contribution is 7.10. The Morgan fingerprint density at radius 3 is 2.88 bits per heavy atom. The van der Waals surface area contributed by atoms with E-state index in [2.05, 4.69) is 5.32 Å². The SMILES string of the molecule is C[C@@H](NC(=O)C1(CN)CCC1)c1cccs1. The van der Waals surface area contributed by atoms with Crippen molar-refractivity contribution in [2.24, 2.45) is 11.1 Å². The first-order valence-electron chi connectivity index (χ1n) is 5.72. The Kier molecular flexibility index (Phi) is 3.30. The predicted octanol–water partition coefficient (Wildman–Crippen LogP) is 2.05. The van der Waals surface area contributed by atoms with Crippen LogP contribution in [0.1, 0.15) is 37.1 Å². The van der Waals surface area contributed by atoms with Gasteiger partial charge in [-0.05, 0) is 31.2 Å². The molecule has 88 valence electrons. The minimum absolute atomic E-state index is 0.0940. The zero-order valence-corrected chi connectivity index (χ0v) is 10.3. The first kappa shape index (κ1) is 11.6. The minimum atomic E-state index is -0.272. The molecule has 0 aliphatic heterocycles. The lowest BCUT2D eigenvalue weighted by Gasteiger charge is -2.39. The van der Waals surface area contributed by atoms with Gasteiger partial charge in [-0.2, -0.15) is 0 Å². The molecular formula is C12H18N2OS. The van der Waals surface area contributed by atoms with Crippen LogP contribution in [0.2, 0.25) is 0 Å². The second kappa shape index (κ2) is 4.55. The molecule has 1 aromatic heterocycles. The van der Waals surface area contributed by atoms with Crippen LogP contribution in [0.5, 0.6) is 0 Å². The summed E-state index contributed by atoms with van der Waals surface area (Å²) in [5.41, 5.74) is 5.43. The molecule has 1 aliphatic rings. The van der Waals surface area contributed by atoms with Crippen LogP contribution in [0.3, 0.4) is 0 Å². The third-order valence-corrected chi connectivity index (χ3v) is 4.56. The Morgan fingerprint density at radius 1 is 1.69 bits per heavy atom. The van der Waals surface area contributed by atoms with E-state index in [1.165, 1.54) is 4.88 Å². The molecule has 0 unspecified atom stereocenters. The summed E-state index contributed by atoms with van der Waals surface area (Å²) < 4.78 is 0. The van der Waals surface area contributed by atoms with Crippen molar-refractivity contribution in [3.63, 3.8) is 0 Å². The molecule has 0 radical (unpaired) electrons. The molecule has 0 saturated heterocycles. The van der Waals surface area contributed by atoms with Crippen molar-refractivity contribution < 1.29 is 4.79 Å². The number of carbonyl (C=O) groups excluding carboxylic acids is 1. The summed E-state index contributed by atoms with van der Waals surface area (Å²) in [4.78, 5) is 13.3. The second-order valence-electron chi connectivity index (χ2n) is 4.55. The molecule has 1 amide bonds. The molecule has 1 fully saturated rings. The van der Waals surface area contributed by atoms with Crippen molar-refractivity contribution in [1.29, 1.82) is 0 Å². The molecule has 0 aromatic carbocycles. The third-order valence-electron chi connectivity index (χ3n) is 3.50. The lowest BCUT2D eigenvalue weighted by atomic mass is 9.68. The highest BCUT2D eigenvalue weighted by Gasteiger charge is 2.43. The number of hydrogen-bond donors (Lipinski definition) is 2. The van der Waals surface area contributed by atoms with Crippen molar-refractivity contribution in [3.05, 3.63) is 22.4 Å². The fourth-order valence-corrected chi connectivity index (χ4v) is 2.82. The topological polar surface area (TPSA) is 55.1 Å². The number of carbonyl (C=O) groups is 1. The third kappa shape index (κ3) is 1.99. The summed E-state index contributed by atoms with van der Waals surface area (Å²) in [5.74, 6) is 0.127. The molecule has 2 rings (SSSR count). The highest BCUT2D eigenvalue weighted by atomic mass is 32.1. The Hall–Kier alpha value is -0.870. The molecule has 1 aromatic rings. The summed E-state index contributed by atoms with van der Waals surface area (Å²) >= 11 is 1.67. The van der Waals surface area contributed by atoms with Crippen molar-refractivity contribution in [1.82, 2.24) is 5.32 Å². The van der Waals surface area contributed by atoms with Crippen LogP contribution >= 0.6 is 11.3 Å². The summed E-state index contributed by atoms with van der Waals surface area (Å²) in [6, 6.07) is 4.15. The van der Waals surface area contributed by atoms with Gasteiger partial charge in [0, 0.05) is 11.4 Å². The molecule has 16 heavy (non-hydrogen) atoms. The van der Waals surface area contributed by atoms with E-state index in [1.807, 2.05) is 24.4 Å². The van der Waals surface area contributed by atoms with Crippen molar-refractivity contribution in [2.45, 2.75) is 32.2 Å². The number of hydrogen-bond acceptors (Lipinski definition) is 3. The maximum absolute atomic E-state index is 12.1. The molecule has 1 saturated carbocycles. The largest absolute Gasteiger partial charge is 0.348 e. The molecule has 1 atom stereocenters. The van der Waals surface area contributed by atoms with Gasteiger partial charge in [-0.25, -0.2) is 0 Å². The van der Waals surface area contributed by atoms with Gasteiger partial charge in [-0.1, -0.05) is 12.5 Å². The maximum atomic E-state index is 12.1. The Labute approximate surface area is 100 Å². The van der Waals surface area contributed by atoms with Gasteiger partial charge in [0.2, 0.25) is 5.91 Å². The predicted molar refractivity (Wildman–Crippen MR) is 66.2 cm³/mol. The normalized spacial score (nSPS) is 19.9. The van der Waals surface area contributed by atoms with Gasteiger partial charge < -0.3 is 11.1 Å². The fraction of sp³-hybridized carbons (Fsp3) is 0.583. The summed E-state index contributed by atoms with van der Waals surface area (Å²) in [6.45, 7) is 2.49. The van der Waals surface area contributed by atoms with E-state index in [0.717, 1.165) is 19.3 Å². The number of thiophene rings is 1. The number of nitrogens with two attached hydrogens (primary N) is 1. The van der Waals surface area contributed by atoms with Crippen LogP contribution in [0.25, 0.3) is 0 Å². The smallest absolute Gasteiger partial charge is 0.227 e. The van der Waals surface area contributed by atoms with Gasteiger partial charge in [-0.3, -0.25) is 4.79 Å². The van der Waals surface area contributed by atoms with E-state index in [-0.39, 0.29) is 17.4 Å². The number of nitrogens with one attached hydrogen (secondary N) is 1. The van der Waals surface area contributed by atoms with Crippen molar-refractivity contribution in [3.8, 4) is 0 Å². The Balaban J connectivity index is 1.97. The minimum Gasteiger partial charge on any atom is -0.348 e. The van der Waals surface area contributed by atoms with Crippen LogP contribution in [0.4, 0.5) is 0 Å². The maximum Gasteiger partial charge on any atom is 0.227 e. The van der Waals surface area contributed by atoms with E-state index in [9.17, 15) is 4.79 Å². The Morgan fingerprint density at radius 2 is 2.44 bits per heavy atom. The zero-order chi connectivity index (χ0) is 11.6. The molecular weight excluding hydrogens is 220 g/mol. The lowest BCUT2D eigenvalue weighted by Crippen LogP contribution is -2.50. The van der Waals surface area contributed by atoms with Gasteiger partial charge in [0.25, 0.3) is 0 Å². The van der Waals surface area contributed by atoms with E-state index in [0.29, 0.717) is 6.54 Å². The number of rotatable bonds is 4. The monoisotopic (exact) mass is 238 g/mol. The standard InChI is InChI=1S/C12H18N2OS/c1-9(10-4-2-7-16-10)14-11(15)12(8-13)5-3-6-12/h2,4,7,9H,3,5-6,8,13H2,1H3,(H,14,15)/t9-/m1/s1. The average molecular weight is 238 g/mol. The average Bonchev–Trinajstić information content (AvgIpc) is 2.69. The number of amides is 1. The summed E-state index contributed by atoms with van der Waals surface area (Å²) in [6.07, 6.45) is 3.00. The van der Waals surface area contributed by atoms with Crippen LogP contribution in [0, 0.1) is 5.41 Å². The van der Waals surface area contributed by atoms with Crippen LogP contribution in [-0.4, -0.2) is 12.5 Å². The van der Waals surface area contributed by atoms with E-state index in [4.69, 9.17) is 5.73 Å². The van der Waals surface area contributed by atoms with Crippen molar-refractivity contribution in [2.75, 3.05) is 6.54 Å². The van der Waals surface area contributed by atoms with E-state index in [1.54, 1.807) is 11.3 Å². The first-order chi connectivity index (χ1) is 7.68.